The largest absolute Gasteiger partial charge is 0.289 e. The molecule has 0 aliphatic carbocycles. The molecule has 0 fully saturated rings. The third-order valence-electron chi connectivity index (χ3n) is 11.7. The first-order chi connectivity index (χ1) is 28.5. The van der Waals surface area contributed by atoms with E-state index in [0.29, 0.717) is 11.1 Å². The van der Waals surface area contributed by atoms with Crippen LogP contribution in [-0.4, -0.2) is 17.2 Å². The maximum atomic E-state index is 14.0. The summed E-state index contributed by atoms with van der Waals surface area (Å²) in [5.41, 5.74) is 12.4. The zero-order chi connectivity index (χ0) is 39.2. The van der Waals surface area contributed by atoms with Gasteiger partial charge in [0, 0.05) is 24.0 Å². The molecule has 0 N–H and O–H groups in total. The summed E-state index contributed by atoms with van der Waals surface area (Å²) in [4.78, 5) is 14.0. The molecule has 8 aromatic rings. The Morgan fingerprint density at radius 3 is 1.24 bits per heavy atom. The predicted octanol–water partition coefficient (Wildman–Crippen LogP) is 12.6. The summed E-state index contributed by atoms with van der Waals surface area (Å²) in [6.45, 7) is 4.21. The Kier molecular flexibility index (Phi) is 8.99. The highest BCUT2D eigenvalue weighted by molar-refractivity contribution is 6.10. The number of benzene rings is 8. The number of hydrogen-bond acceptors (Lipinski definition) is 5. The molecule has 280 valence electrons. The highest BCUT2D eigenvalue weighted by Gasteiger charge is 2.33. The molecule has 2 atom stereocenters. The lowest BCUT2D eigenvalue weighted by molar-refractivity contribution is 0.103. The van der Waals surface area contributed by atoms with Gasteiger partial charge in [0.1, 0.15) is 0 Å². The molecule has 0 aromatic heterocycles. The van der Waals surface area contributed by atoms with Gasteiger partial charge in [-0.3, -0.25) is 14.8 Å². The minimum Gasteiger partial charge on any atom is -0.289 e. The first-order valence-corrected chi connectivity index (χ1v) is 20.0. The molecule has 5 nitrogen and oxygen atoms in total. The maximum absolute atomic E-state index is 14.0. The van der Waals surface area contributed by atoms with Crippen LogP contribution in [0.4, 0.5) is 11.4 Å². The van der Waals surface area contributed by atoms with Crippen molar-refractivity contribution in [1.82, 2.24) is 0 Å². The maximum Gasteiger partial charge on any atom is 0.193 e. The van der Waals surface area contributed by atoms with Gasteiger partial charge in [-0.2, -0.15) is 10.2 Å². The summed E-state index contributed by atoms with van der Waals surface area (Å²) in [6, 6.07) is 63.2. The van der Waals surface area contributed by atoms with E-state index in [1.54, 1.807) is 0 Å². The molecule has 2 unspecified atom stereocenters. The van der Waals surface area contributed by atoms with Gasteiger partial charge in [0.25, 0.3) is 0 Å². The first kappa shape index (κ1) is 35.3. The zero-order valence-electron chi connectivity index (χ0n) is 32.6. The van der Waals surface area contributed by atoms with E-state index in [4.69, 9.17) is 10.2 Å². The lowest BCUT2D eigenvalue weighted by Crippen LogP contribution is -2.19. The quantitative estimate of drug-likeness (QED) is 0.145. The van der Waals surface area contributed by atoms with E-state index in [0.717, 1.165) is 46.8 Å². The van der Waals surface area contributed by atoms with Crippen LogP contribution in [0.15, 0.2) is 192 Å². The number of carbonyl (C=O) groups is 1. The Hall–Kier alpha value is -7.11. The first-order valence-electron chi connectivity index (χ1n) is 20.0. The van der Waals surface area contributed by atoms with Gasteiger partial charge >= 0.3 is 0 Å². The average molecular weight is 751 g/mol. The highest BCUT2D eigenvalue weighted by Crippen LogP contribution is 2.41. The monoisotopic (exact) mass is 750 g/mol. The number of aryl methyl sites for hydroxylation is 2. The van der Waals surface area contributed by atoms with Crippen LogP contribution in [-0.2, 0) is 0 Å². The van der Waals surface area contributed by atoms with Gasteiger partial charge in [-0.15, -0.1) is 0 Å². The van der Waals surface area contributed by atoms with Crippen LogP contribution in [0.1, 0.15) is 74.2 Å². The van der Waals surface area contributed by atoms with Crippen LogP contribution >= 0.6 is 0 Å². The molecule has 0 radical (unpaired) electrons. The van der Waals surface area contributed by atoms with E-state index in [-0.39, 0.29) is 17.9 Å². The lowest BCUT2D eigenvalue weighted by atomic mass is 9.93. The number of hydrazone groups is 2. The van der Waals surface area contributed by atoms with Crippen molar-refractivity contribution >= 4 is 50.1 Å². The van der Waals surface area contributed by atoms with Crippen LogP contribution in [0.2, 0.25) is 0 Å². The van der Waals surface area contributed by atoms with Crippen LogP contribution in [0, 0.1) is 13.8 Å². The Balaban J connectivity index is 0.945. The Morgan fingerprint density at radius 1 is 0.448 bits per heavy atom. The van der Waals surface area contributed by atoms with E-state index in [9.17, 15) is 4.79 Å². The van der Waals surface area contributed by atoms with E-state index in [1.807, 2.05) is 48.5 Å². The molecular weight excluding hydrogens is 709 g/mol. The number of nitrogens with zero attached hydrogens (tertiary/aromatic N) is 4. The minimum atomic E-state index is -0.0233. The van der Waals surface area contributed by atoms with Crippen LogP contribution < -0.4 is 10.0 Å². The number of anilines is 2. The number of carbonyl (C=O) groups excluding carboxylic acids is 1. The number of ketones is 1. The standard InChI is InChI=1S/C53H42N4O/c1-35-17-21-39(22-18-35)49-33-51(47-15-7-11-37-9-3-5-13-45(37)47)56(54-49)43-29-25-41(26-30-43)53(58)42-27-31-44(32-28-42)57-52(34-50(55-57)40-23-19-36(2)20-24-40)48-16-8-12-38-10-4-6-14-46(38)48/h3-32,51-52H,33-34H2,1-2H3. The molecule has 0 saturated carbocycles. The van der Waals surface area contributed by atoms with Crippen molar-refractivity contribution in [2.45, 2.75) is 38.8 Å². The summed E-state index contributed by atoms with van der Waals surface area (Å²) in [5, 5.41) is 19.6. The van der Waals surface area contributed by atoms with Crippen LogP contribution in [0.3, 0.4) is 0 Å². The molecule has 2 aliphatic rings. The summed E-state index contributed by atoms with van der Waals surface area (Å²) in [5.74, 6) is -0.0233. The Bertz CT molecular complexity index is 2670. The molecular formula is C53H42N4O. The van der Waals surface area contributed by atoms with Gasteiger partial charge in [0.2, 0.25) is 0 Å². The lowest BCUT2D eigenvalue weighted by Gasteiger charge is -2.25. The van der Waals surface area contributed by atoms with Crippen molar-refractivity contribution in [3.63, 3.8) is 0 Å². The molecule has 10 rings (SSSR count). The molecule has 2 aliphatic heterocycles. The topological polar surface area (TPSA) is 48.3 Å². The van der Waals surface area contributed by atoms with Gasteiger partial charge in [-0.1, -0.05) is 145 Å². The second-order valence-electron chi connectivity index (χ2n) is 15.5. The van der Waals surface area contributed by atoms with Crippen molar-refractivity contribution in [3.8, 4) is 0 Å². The van der Waals surface area contributed by atoms with Gasteiger partial charge < -0.3 is 0 Å². The van der Waals surface area contributed by atoms with Crippen molar-refractivity contribution in [1.29, 1.82) is 0 Å². The summed E-state index contributed by atoms with van der Waals surface area (Å²) in [6.07, 6.45) is 1.55. The highest BCUT2D eigenvalue weighted by atomic mass is 16.1. The molecule has 0 spiro atoms. The van der Waals surface area contributed by atoms with Crippen LogP contribution in [0.5, 0.6) is 0 Å². The smallest absolute Gasteiger partial charge is 0.193 e. The Morgan fingerprint density at radius 2 is 0.828 bits per heavy atom. The number of fused-ring (bicyclic) bond motifs is 2. The molecule has 0 amide bonds. The van der Waals surface area contributed by atoms with Gasteiger partial charge in [0.05, 0.1) is 34.9 Å². The van der Waals surface area contributed by atoms with Gasteiger partial charge in [-0.25, -0.2) is 0 Å². The molecule has 0 saturated heterocycles. The SMILES string of the molecule is Cc1ccc(C2=NN(c3ccc(C(=O)c4ccc(N5N=C(c6ccc(C)cc6)CC5c5cccc6ccccc56)cc4)cc3)C(c3cccc4ccccc34)C2)cc1. The Labute approximate surface area is 339 Å². The van der Waals surface area contributed by atoms with Crippen LogP contribution in [0.25, 0.3) is 21.5 Å². The molecule has 0 bridgehead atoms. The van der Waals surface area contributed by atoms with Crippen molar-refractivity contribution in [3.05, 3.63) is 226 Å². The molecule has 2 heterocycles. The predicted molar refractivity (Wildman–Crippen MR) is 239 cm³/mol. The van der Waals surface area contributed by atoms with Crippen molar-refractivity contribution < 1.29 is 4.79 Å². The number of rotatable bonds is 8. The normalized spacial score (nSPS) is 16.5. The fourth-order valence-corrected chi connectivity index (χ4v) is 8.60. The minimum absolute atomic E-state index is 0.00831. The van der Waals surface area contributed by atoms with E-state index < -0.39 is 0 Å². The van der Waals surface area contributed by atoms with E-state index in [2.05, 4.69) is 157 Å². The van der Waals surface area contributed by atoms with Gasteiger partial charge in [0.15, 0.2) is 5.78 Å². The summed E-state index contributed by atoms with van der Waals surface area (Å²) >= 11 is 0. The molecule has 58 heavy (non-hydrogen) atoms. The third kappa shape index (κ3) is 6.54. The zero-order valence-corrected chi connectivity index (χ0v) is 32.6. The summed E-state index contributed by atoms with van der Waals surface area (Å²) in [7, 11) is 0. The molecule has 5 heteroatoms. The van der Waals surface area contributed by atoms with E-state index in [1.165, 1.54) is 43.8 Å². The second kappa shape index (κ2) is 14.8. The van der Waals surface area contributed by atoms with E-state index >= 15 is 0 Å². The second-order valence-corrected chi connectivity index (χ2v) is 15.5. The third-order valence-corrected chi connectivity index (χ3v) is 11.7. The fourth-order valence-electron chi connectivity index (χ4n) is 8.60. The number of hydrogen-bond donors (Lipinski definition) is 0. The summed E-state index contributed by atoms with van der Waals surface area (Å²) < 4.78 is 0. The molecule has 8 aromatic carbocycles. The van der Waals surface area contributed by atoms with Crippen molar-refractivity contribution in [2.24, 2.45) is 10.2 Å². The fraction of sp³-hybridized carbons (Fsp3) is 0.113. The van der Waals surface area contributed by atoms with Gasteiger partial charge in [-0.05, 0) is 106 Å². The average Bonchev–Trinajstić information content (AvgIpc) is 3.93. The van der Waals surface area contributed by atoms with Crippen molar-refractivity contribution in [2.75, 3.05) is 10.0 Å².